The summed E-state index contributed by atoms with van der Waals surface area (Å²) in [5.74, 6) is 0.880. The third-order valence-electron chi connectivity index (χ3n) is 6.34. The van der Waals surface area contributed by atoms with Crippen LogP contribution < -0.4 is 34.6 Å². The van der Waals surface area contributed by atoms with E-state index in [-0.39, 0.29) is 5.56 Å². The van der Waals surface area contributed by atoms with Gasteiger partial charge in [0.15, 0.2) is 17.6 Å². The van der Waals surface area contributed by atoms with Gasteiger partial charge in [0.25, 0.3) is 5.91 Å². The number of carbonyl (C=O) groups excluding carboxylic acids is 1. The number of fused-ring (bicyclic) bond motifs is 3. The molecular weight excluding hydrogens is 478 g/mol. The van der Waals surface area contributed by atoms with Crippen LogP contribution in [0.15, 0.2) is 69.9 Å². The lowest BCUT2D eigenvalue weighted by Gasteiger charge is -2.22. The Bertz CT molecular complexity index is 1530. The minimum atomic E-state index is -1.11. The van der Waals surface area contributed by atoms with Crippen LogP contribution in [0.25, 0.3) is 11.0 Å². The summed E-state index contributed by atoms with van der Waals surface area (Å²) in [5.41, 5.74) is 1.03. The summed E-state index contributed by atoms with van der Waals surface area (Å²) in [6.45, 7) is 0. The van der Waals surface area contributed by atoms with Gasteiger partial charge in [-0.25, -0.2) is 4.79 Å². The second kappa shape index (κ2) is 9.77. The molecule has 0 saturated heterocycles. The Morgan fingerprint density at radius 1 is 0.838 bits per heavy atom. The number of rotatable bonds is 7. The van der Waals surface area contributed by atoms with E-state index in [1.54, 1.807) is 61.7 Å². The van der Waals surface area contributed by atoms with Crippen LogP contribution in [0.4, 0.5) is 5.69 Å². The van der Waals surface area contributed by atoms with E-state index in [1.165, 1.54) is 21.3 Å². The van der Waals surface area contributed by atoms with E-state index in [4.69, 9.17) is 28.1 Å². The van der Waals surface area contributed by atoms with Gasteiger partial charge in [0.05, 0.1) is 45.3 Å². The highest BCUT2D eigenvalue weighted by atomic mass is 16.5. The number of amides is 1. The molecule has 2 heterocycles. The summed E-state index contributed by atoms with van der Waals surface area (Å²) < 4.78 is 33.6. The van der Waals surface area contributed by atoms with Crippen LogP contribution in [0.2, 0.25) is 0 Å². The number of methoxy groups -OCH3 is 4. The molecule has 1 aliphatic rings. The van der Waals surface area contributed by atoms with Gasteiger partial charge in [-0.2, -0.15) is 0 Å². The first-order valence-electron chi connectivity index (χ1n) is 11.5. The zero-order chi connectivity index (χ0) is 26.1. The lowest BCUT2D eigenvalue weighted by atomic mass is 9.87. The Morgan fingerprint density at radius 2 is 1.51 bits per heavy atom. The fourth-order valence-electron chi connectivity index (χ4n) is 4.58. The predicted molar refractivity (Wildman–Crippen MR) is 136 cm³/mol. The molecule has 4 aromatic rings. The van der Waals surface area contributed by atoms with E-state index in [2.05, 4.69) is 5.32 Å². The molecule has 1 aromatic heterocycles. The quantitative estimate of drug-likeness (QED) is 0.371. The van der Waals surface area contributed by atoms with Crippen molar-refractivity contribution in [2.45, 2.75) is 12.0 Å². The maximum Gasteiger partial charge on any atom is 0.344 e. The SMILES string of the molecule is COc1ccc(NC(=O)C2Oc3c(c(=O)oc4ccccc34)C2c2cc(OC)c(OC)cc2OC)cc1. The van der Waals surface area contributed by atoms with Crippen molar-refractivity contribution < 1.29 is 32.9 Å². The summed E-state index contributed by atoms with van der Waals surface area (Å²) in [6, 6.07) is 17.3. The number of ether oxygens (including phenoxy) is 5. The van der Waals surface area contributed by atoms with Gasteiger partial charge in [-0.3, -0.25) is 4.79 Å². The van der Waals surface area contributed by atoms with E-state index in [9.17, 15) is 9.59 Å². The molecule has 1 aliphatic heterocycles. The third-order valence-corrected chi connectivity index (χ3v) is 6.34. The minimum absolute atomic E-state index is 0.221. The molecule has 2 unspecified atom stereocenters. The average Bonchev–Trinajstić information content (AvgIpc) is 3.34. The Kier molecular flexibility index (Phi) is 6.35. The highest BCUT2D eigenvalue weighted by Gasteiger charge is 2.46. The molecule has 3 aromatic carbocycles. The molecule has 0 spiro atoms. The van der Waals surface area contributed by atoms with Gasteiger partial charge in [0.1, 0.15) is 22.8 Å². The monoisotopic (exact) mass is 503 g/mol. The zero-order valence-electron chi connectivity index (χ0n) is 20.7. The fourth-order valence-corrected chi connectivity index (χ4v) is 4.58. The molecule has 1 amide bonds. The van der Waals surface area contributed by atoms with Crippen LogP contribution in [0, 0.1) is 0 Å². The maximum absolute atomic E-state index is 13.6. The second-order valence-electron chi connectivity index (χ2n) is 8.31. The van der Waals surface area contributed by atoms with E-state index in [0.29, 0.717) is 51.0 Å². The van der Waals surface area contributed by atoms with Gasteiger partial charge >= 0.3 is 5.63 Å². The van der Waals surface area contributed by atoms with Crippen LogP contribution in [0.3, 0.4) is 0 Å². The molecule has 5 rings (SSSR count). The number of carbonyl (C=O) groups is 1. The highest BCUT2D eigenvalue weighted by molar-refractivity contribution is 5.98. The molecule has 0 bridgehead atoms. The lowest BCUT2D eigenvalue weighted by molar-refractivity contribution is -0.122. The molecule has 190 valence electrons. The van der Waals surface area contributed by atoms with Crippen molar-refractivity contribution in [1.82, 2.24) is 0 Å². The topological polar surface area (TPSA) is 105 Å². The first kappa shape index (κ1) is 24.1. The van der Waals surface area contributed by atoms with Crippen molar-refractivity contribution >= 4 is 22.6 Å². The van der Waals surface area contributed by atoms with Gasteiger partial charge in [-0.1, -0.05) is 12.1 Å². The summed E-state index contributed by atoms with van der Waals surface area (Å²) in [5, 5.41) is 3.46. The predicted octanol–water partition coefficient (Wildman–Crippen LogP) is 4.36. The van der Waals surface area contributed by atoms with Crippen molar-refractivity contribution in [2.24, 2.45) is 0 Å². The van der Waals surface area contributed by atoms with Gasteiger partial charge in [0, 0.05) is 17.3 Å². The molecule has 37 heavy (non-hydrogen) atoms. The Balaban J connectivity index is 1.67. The van der Waals surface area contributed by atoms with Crippen LogP contribution >= 0.6 is 0 Å². The molecule has 0 radical (unpaired) electrons. The molecule has 2 atom stereocenters. The van der Waals surface area contributed by atoms with E-state index in [1.807, 2.05) is 6.07 Å². The zero-order valence-corrected chi connectivity index (χ0v) is 20.7. The summed E-state index contributed by atoms with van der Waals surface area (Å²) in [7, 11) is 6.07. The van der Waals surface area contributed by atoms with Crippen LogP contribution in [-0.2, 0) is 4.79 Å². The van der Waals surface area contributed by atoms with Crippen molar-refractivity contribution in [3.8, 4) is 28.7 Å². The standard InChI is InChI=1S/C28H25NO8/c1-32-16-11-9-15(10-12-16)29-27(30)26-23(18-13-21(34-3)22(35-4)14-20(18)33-2)24-25(37-26)17-7-5-6-8-19(17)36-28(24)31/h5-14,23,26H,1-4H3,(H,29,30). The summed E-state index contributed by atoms with van der Waals surface area (Å²) in [6.07, 6.45) is -1.11. The van der Waals surface area contributed by atoms with Crippen molar-refractivity contribution in [3.63, 3.8) is 0 Å². The van der Waals surface area contributed by atoms with E-state index >= 15 is 0 Å². The van der Waals surface area contributed by atoms with Crippen molar-refractivity contribution in [2.75, 3.05) is 33.8 Å². The first-order valence-corrected chi connectivity index (χ1v) is 11.5. The third kappa shape index (κ3) is 4.18. The number of anilines is 1. The molecule has 0 saturated carbocycles. The van der Waals surface area contributed by atoms with E-state index < -0.39 is 23.6 Å². The average molecular weight is 504 g/mol. The van der Waals surface area contributed by atoms with Crippen LogP contribution in [0.5, 0.6) is 28.7 Å². The highest BCUT2D eigenvalue weighted by Crippen LogP contribution is 2.49. The number of para-hydroxylation sites is 1. The van der Waals surface area contributed by atoms with Crippen LogP contribution in [0.1, 0.15) is 17.0 Å². The smallest absolute Gasteiger partial charge is 0.344 e. The van der Waals surface area contributed by atoms with Gasteiger partial charge in [-0.05, 0) is 42.5 Å². The second-order valence-corrected chi connectivity index (χ2v) is 8.31. The van der Waals surface area contributed by atoms with Crippen LogP contribution in [-0.4, -0.2) is 40.5 Å². The summed E-state index contributed by atoms with van der Waals surface area (Å²) in [4.78, 5) is 26.9. The molecule has 0 aliphatic carbocycles. The first-order chi connectivity index (χ1) is 18.0. The Morgan fingerprint density at radius 3 is 2.19 bits per heavy atom. The van der Waals surface area contributed by atoms with E-state index in [0.717, 1.165) is 0 Å². The lowest BCUT2D eigenvalue weighted by Crippen LogP contribution is -2.35. The molecule has 1 N–H and O–H groups in total. The molecule has 9 heteroatoms. The normalized spacial score (nSPS) is 16.0. The molecule has 0 fully saturated rings. The van der Waals surface area contributed by atoms with Gasteiger partial charge in [-0.15, -0.1) is 0 Å². The van der Waals surface area contributed by atoms with Crippen molar-refractivity contribution in [1.29, 1.82) is 0 Å². The van der Waals surface area contributed by atoms with Crippen molar-refractivity contribution in [3.05, 3.63) is 82.2 Å². The molecule has 9 nitrogen and oxygen atoms in total. The Labute approximate surface area is 212 Å². The van der Waals surface area contributed by atoms with Gasteiger partial charge in [0.2, 0.25) is 0 Å². The largest absolute Gasteiger partial charge is 0.497 e. The minimum Gasteiger partial charge on any atom is -0.497 e. The maximum atomic E-state index is 13.6. The molecular formula is C28H25NO8. The fraction of sp³-hybridized carbons (Fsp3) is 0.214. The Hall–Kier alpha value is -4.66. The number of benzene rings is 3. The number of hydrogen-bond acceptors (Lipinski definition) is 8. The van der Waals surface area contributed by atoms with Gasteiger partial charge < -0.3 is 33.4 Å². The number of nitrogens with one attached hydrogen (secondary N) is 1. The summed E-state index contributed by atoms with van der Waals surface area (Å²) >= 11 is 0. The number of hydrogen-bond donors (Lipinski definition) is 1.